The highest BCUT2D eigenvalue weighted by atomic mass is 16.6. The maximum atomic E-state index is 13.6. The predicted molar refractivity (Wildman–Crippen MR) is 172 cm³/mol. The molecule has 3 aromatic carbocycles. The maximum absolute atomic E-state index is 13.6. The third-order valence-electron chi connectivity index (χ3n) is 9.12. The minimum atomic E-state index is -0.610. The summed E-state index contributed by atoms with van der Waals surface area (Å²) in [5.41, 5.74) is 5.65. The molecule has 0 bridgehead atoms. The Morgan fingerprint density at radius 1 is 0.886 bits per heavy atom. The summed E-state index contributed by atoms with van der Waals surface area (Å²) in [7, 11) is 0. The van der Waals surface area contributed by atoms with Gasteiger partial charge in [0.15, 0.2) is 5.78 Å². The monoisotopic (exact) mass is 592 g/mol. The molecule has 5 rings (SSSR count). The van der Waals surface area contributed by atoms with Gasteiger partial charge in [0.1, 0.15) is 0 Å². The number of likely N-dealkylation sites (tertiary alicyclic amines) is 1. The van der Waals surface area contributed by atoms with Crippen molar-refractivity contribution in [2.75, 3.05) is 26.2 Å². The van der Waals surface area contributed by atoms with Gasteiger partial charge in [-0.1, -0.05) is 72.8 Å². The Balaban J connectivity index is 1.23. The van der Waals surface area contributed by atoms with E-state index < -0.39 is 10.8 Å². The summed E-state index contributed by atoms with van der Waals surface area (Å²) >= 11 is 0. The van der Waals surface area contributed by atoms with E-state index in [9.17, 15) is 19.7 Å². The van der Waals surface area contributed by atoms with Crippen molar-refractivity contribution in [2.24, 2.45) is 0 Å². The molecule has 0 aromatic heterocycles. The third-order valence-corrected chi connectivity index (χ3v) is 9.12. The summed E-state index contributed by atoms with van der Waals surface area (Å²) in [5.74, 6) is -1.00. The van der Waals surface area contributed by atoms with Gasteiger partial charge < -0.3 is 15.5 Å². The van der Waals surface area contributed by atoms with Crippen LogP contribution in [-0.2, 0) is 15.0 Å². The van der Waals surface area contributed by atoms with Crippen molar-refractivity contribution in [3.8, 4) is 0 Å². The third kappa shape index (κ3) is 6.36. The summed E-state index contributed by atoms with van der Waals surface area (Å²) < 4.78 is 0. The molecule has 2 heterocycles. The molecular formula is C36H40N4O4. The second kappa shape index (κ2) is 13.4. The van der Waals surface area contributed by atoms with Gasteiger partial charge in [0, 0.05) is 52.6 Å². The first kappa shape index (κ1) is 30.9. The summed E-state index contributed by atoms with van der Waals surface area (Å²) in [6, 6.07) is 27.7. The summed E-state index contributed by atoms with van der Waals surface area (Å²) in [6.45, 7) is 8.45. The summed E-state index contributed by atoms with van der Waals surface area (Å²) in [5, 5.41) is 17.5. The van der Waals surface area contributed by atoms with Gasteiger partial charge in [-0.05, 0) is 76.4 Å². The number of non-ortho nitro benzene ring substituents is 1. The number of piperidine rings is 1. The number of ketones is 1. The molecule has 44 heavy (non-hydrogen) atoms. The molecule has 228 valence electrons. The summed E-state index contributed by atoms with van der Waals surface area (Å²) in [6.07, 6.45) is 2.86. The number of allylic oxidation sites excluding steroid dienone is 3. The molecule has 1 unspecified atom stereocenters. The lowest BCUT2D eigenvalue weighted by Gasteiger charge is -2.43. The number of hydrogen-bond acceptors (Lipinski definition) is 6. The van der Waals surface area contributed by atoms with Gasteiger partial charge in [-0.2, -0.15) is 0 Å². The molecule has 2 N–H and O–H groups in total. The molecule has 8 heteroatoms. The normalized spacial score (nSPS) is 18.5. The number of carbonyl (C=O) groups is 2. The minimum absolute atomic E-state index is 0.00182. The average molecular weight is 593 g/mol. The Morgan fingerprint density at radius 3 is 1.95 bits per heavy atom. The summed E-state index contributed by atoms with van der Waals surface area (Å²) in [4.78, 5) is 39.6. The molecule has 0 radical (unpaired) electrons. The van der Waals surface area contributed by atoms with Crippen molar-refractivity contribution in [1.29, 1.82) is 0 Å². The number of nitrogens with zero attached hydrogens (tertiary/aromatic N) is 2. The number of hydrogen-bond donors (Lipinski definition) is 2. The molecule has 1 atom stereocenters. The Hall–Kier alpha value is -4.56. The molecule has 3 aromatic rings. The van der Waals surface area contributed by atoms with Gasteiger partial charge in [0.05, 0.1) is 4.92 Å². The highest BCUT2D eigenvalue weighted by Crippen LogP contribution is 2.42. The highest BCUT2D eigenvalue weighted by molar-refractivity contribution is 6.03. The van der Waals surface area contributed by atoms with Crippen molar-refractivity contribution >= 4 is 17.4 Å². The van der Waals surface area contributed by atoms with Crippen LogP contribution in [0, 0.1) is 10.1 Å². The van der Waals surface area contributed by atoms with Crippen LogP contribution in [-0.4, -0.2) is 47.7 Å². The molecule has 1 saturated heterocycles. The zero-order chi connectivity index (χ0) is 31.3. The zero-order valence-corrected chi connectivity index (χ0v) is 25.6. The van der Waals surface area contributed by atoms with Crippen molar-refractivity contribution in [1.82, 2.24) is 15.5 Å². The van der Waals surface area contributed by atoms with E-state index in [1.165, 1.54) is 30.2 Å². The number of Topliss-reactive ketones (excluding diaryl/α,β-unsaturated/α-hetero) is 1. The van der Waals surface area contributed by atoms with Gasteiger partial charge in [-0.3, -0.25) is 19.7 Å². The lowest BCUT2D eigenvalue weighted by molar-refractivity contribution is -0.384. The number of nitro benzene ring substituents is 1. The van der Waals surface area contributed by atoms with Gasteiger partial charge in [0.25, 0.3) is 5.69 Å². The lowest BCUT2D eigenvalue weighted by atomic mass is 9.68. The number of dihydropyridines is 1. The SMILES string of the molecule is CC(=O)C1=C(C)NC(C)=C(C(=O)NCCCN2CCC(c3ccccc3)(c3ccccc3)CC2)C1c1ccc([N+](=O)[O-])cc1. The van der Waals surface area contributed by atoms with E-state index in [1.54, 1.807) is 12.1 Å². The molecule has 1 amide bonds. The van der Waals surface area contributed by atoms with Crippen LogP contribution in [0.4, 0.5) is 5.69 Å². The zero-order valence-electron chi connectivity index (χ0n) is 25.6. The standard InChI is InChI=1S/C36H40N4O4/c1-25-32(27(3)41)34(28-15-17-31(18-16-28)40(43)44)33(26(2)38-25)35(42)37-21-10-22-39-23-19-36(20-24-39,29-11-6-4-7-12-29)30-13-8-5-9-14-30/h4-9,11-18,34,38H,10,19-24H2,1-3H3,(H,37,42). The average Bonchev–Trinajstić information content (AvgIpc) is 3.03. The smallest absolute Gasteiger partial charge is 0.269 e. The van der Waals surface area contributed by atoms with Crippen LogP contribution in [0.1, 0.15) is 62.6 Å². The maximum Gasteiger partial charge on any atom is 0.269 e. The second-order valence-electron chi connectivity index (χ2n) is 11.8. The fraction of sp³-hybridized carbons (Fsp3) is 0.333. The van der Waals surface area contributed by atoms with Gasteiger partial charge in [-0.25, -0.2) is 0 Å². The fourth-order valence-corrected chi connectivity index (χ4v) is 6.90. The quantitative estimate of drug-likeness (QED) is 0.170. The first-order valence-electron chi connectivity index (χ1n) is 15.3. The number of benzene rings is 3. The van der Waals surface area contributed by atoms with Gasteiger partial charge >= 0.3 is 0 Å². The molecule has 2 aliphatic heterocycles. The van der Waals surface area contributed by atoms with Crippen molar-refractivity contribution in [3.63, 3.8) is 0 Å². The van der Waals surface area contributed by atoms with Crippen molar-refractivity contribution in [3.05, 3.63) is 134 Å². The molecule has 2 aliphatic rings. The largest absolute Gasteiger partial charge is 0.362 e. The van der Waals surface area contributed by atoms with E-state index in [1.807, 2.05) is 13.8 Å². The van der Waals surface area contributed by atoms with E-state index >= 15 is 0 Å². The first-order valence-corrected chi connectivity index (χ1v) is 15.3. The minimum Gasteiger partial charge on any atom is -0.362 e. The molecule has 0 saturated carbocycles. The van der Waals surface area contributed by atoms with Crippen LogP contribution in [0.2, 0.25) is 0 Å². The Kier molecular flexibility index (Phi) is 9.40. The molecule has 8 nitrogen and oxygen atoms in total. The van der Waals surface area contributed by atoms with Crippen LogP contribution in [0.3, 0.4) is 0 Å². The molecular weight excluding hydrogens is 552 g/mol. The molecule has 1 fully saturated rings. The number of carbonyl (C=O) groups excluding carboxylic acids is 2. The number of rotatable bonds is 10. The number of nitro groups is 1. The van der Waals surface area contributed by atoms with Crippen LogP contribution in [0.25, 0.3) is 0 Å². The van der Waals surface area contributed by atoms with E-state index in [2.05, 4.69) is 76.2 Å². The predicted octanol–water partition coefficient (Wildman–Crippen LogP) is 6.01. The molecule has 0 spiro atoms. The van der Waals surface area contributed by atoms with Gasteiger partial charge in [0.2, 0.25) is 5.91 Å². The van der Waals surface area contributed by atoms with Crippen LogP contribution in [0.5, 0.6) is 0 Å². The van der Waals surface area contributed by atoms with Crippen LogP contribution in [0.15, 0.2) is 107 Å². The number of nitrogens with one attached hydrogen (secondary N) is 2. The Bertz CT molecular complexity index is 1530. The lowest BCUT2D eigenvalue weighted by Crippen LogP contribution is -2.44. The van der Waals surface area contributed by atoms with Crippen LogP contribution >= 0.6 is 0 Å². The highest BCUT2D eigenvalue weighted by Gasteiger charge is 2.38. The van der Waals surface area contributed by atoms with Crippen LogP contribution < -0.4 is 10.6 Å². The van der Waals surface area contributed by atoms with E-state index in [-0.39, 0.29) is 22.8 Å². The number of amides is 1. The fourth-order valence-electron chi connectivity index (χ4n) is 6.90. The topological polar surface area (TPSA) is 105 Å². The van der Waals surface area contributed by atoms with Gasteiger partial charge in [-0.15, -0.1) is 0 Å². The second-order valence-corrected chi connectivity index (χ2v) is 11.8. The van der Waals surface area contributed by atoms with E-state index in [0.717, 1.165) is 38.9 Å². The van der Waals surface area contributed by atoms with Crippen molar-refractivity contribution in [2.45, 2.75) is 51.4 Å². The Labute approximate surface area is 259 Å². The van der Waals surface area contributed by atoms with E-state index in [0.29, 0.717) is 34.6 Å². The Morgan fingerprint density at radius 2 is 1.43 bits per heavy atom. The molecule has 0 aliphatic carbocycles. The van der Waals surface area contributed by atoms with Crippen molar-refractivity contribution < 1.29 is 14.5 Å². The first-order chi connectivity index (χ1) is 21.2. The van der Waals surface area contributed by atoms with E-state index in [4.69, 9.17) is 0 Å².